The molecule has 2 fully saturated rings. The molecule has 0 spiro atoms. The Morgan fingerprint density at radius 2 is 1.63 bits per heavy atom. The molecular weight excluding hydrogens is 576 g/mol. The minimum absolute atomic E-state index is 0.00272. The number of rotatable bonds is 6. The van der Waals surface area contributed by atoms with Crippen LogP contribution in [0.15, 0.2) is 42.5 Å². The van der Waals surface area contributed by atoms with E-state index < -0.39 is 52.2 Å². The number of urea groups is 1. The van der Waals surface area contributed by atoms with Crippen molar-refractivity contribution < 1.29 is 43.7 Å². The van der Waals surface area contributed by atoms with Gasteiger partial charge in [0.05, 0.1) is 30.0 Å². The number of nitrogens with zero attached hydrogens (tertiary/aromatic N) is 3. The van der Waals surface area contributed by atoms with Gasteiger partial charge in [0, 0.05) is 39.3 Å². The number of alkyl halides is 6. The molecule has 0 bridgehead atoms. The fourth-order valence-corrected chi connectivity index (χ4v) is 6.16. The SMILES string of the molecule is Cc1ccccc1C1C2CC(COS(C)(=O)=O)CN2CCN1C(=O)N(C)Cc1cc(C(F)(F)F)cc(C(F)(F)F)c1. The number of fused-ring (bicyclic) bond motifs is 1. The van der Waals surface area contributed by atoms with Gasteiger partial charge in [-0.15, -0.1) is 0 Å². The third-order valence-corrected chi connectivity index (χ3v) is 8.09. The molecule has 0 aromatic heterocycles. The van der Waals surface area contributed by atoms with Crippen LogP contribution in [-0.2, 0) is 33.2 Å². The van der Waals surface area contributed by atoms with Crippen LogP contribution in [0.1, 0.15) is 40.3 Å². The molecule has 2 aliphatic heterocycles. The van der Waals surface area contributed by atoms with E-state index in [1.165, 1.54) is 7.05 Å². The topological polar surface area (TPSA) is 70.2 Å². The van der Waals surface area contributed by atoms with E-state index in [4.69, 9.17) is 4.18 Å². The minimum atomic E-state index is -5.00. The molecule has 2 heterocycles. The van der Waals surface area contributed by atoms with Gasteiger partial charge in [-0.05, 0) is 54.2 Å². The first-order valence-electron chi connectivity index (χ1n) is 12.9. The van der Waals surface area contributed by atoms with E-state index in [1.807, 2.05) is 31.2 Å². The summed E-state index contributed by atoms with van der Waals surface area (Å²) >= 11 is 0. The van der Waals surface area contributed by atoms with Crippen molar-refractivity contribution in [2.75, 3.05) is 39.5 Å². The molecule has 3 atom stereocenters. The third-order valence-electron chi connectivity index (χ3n) is 7.53. The van der Waals surface area contributed by atoms with Crippen LogP contribution in [0, 0.1) is 12.8 Å². The number of piperazine rings is 1. The summed E-state index contributed by atoms with van der Waals surface area (Å²) in [6.45, 7) is 2.70. The summed E-state index contributed by atoms with van der Waals surface area (Å²) in [5, 5.41) is 0. The Kier molecular flexibility index (Phi) is 8.68. The Morgan fingerprint density at radius 1 is 1.02 bits per heavy atom. The third kappa shape index (κ3) is 7.33. The summed E-state index contributed by atoms with van der Waals surface area (Å²) in [5.74, 6) is -0.111. The predicted molar refractivity (Wildman–Crippen MR) is 138 cm³/mol. The highest BCUT2D eigenvalue weighted by atomic mass is 32.2. The van der Waals surface area contributed by atoms with Crippen molar-refractivity contribution in [1.29, 1.82) is 0 Å². The average Bonchev–Trinajstić information content (AvgIpc) is 3.29. The molecule has 2 aromatic carbocycles. The van der Waals surface area contributed by atoms with Crippen molar-refractivity contribution in [3.63, 3.8) is 0 Å². The van der Waals surface area contributed by atoms with Crippen LogP contribution in [0.5, 0.6) is 0 Å². The molecule has 7 nitrogen and oxygen atoms in total. The van der Waals surface area contributed by atoms with Gasteiger partial charge in [-0.2, -0.15) is 34.8 Å². The molecule has 2 saturated heterocycles. The van der Waals surface area contributed by atoms with Gasteiger partial charge >= 0.3 is 18.4 Å². The van der Waals surface area contributed by atoms with Crippen molar-refractivity contribution in [2.45, 2.75) is 44.3 Å². The van der Waals surface area contributed by atoms with Crippen molar-refractivity contribution >= 4 is 16.1 Å². The molecule has 3 unspecified atom stereocenters. The number of carbonyl (C=O) groups excluding carboxylic acids is 1. The zero-order valence-electron chi connectivity index (χ0n) is 22.7. The fraction of sp³-hybridized carbons (Fsp3) is 0.519. The van der Waals surface area contributed by atoms with Crippen LogP contribution in [0.2, 0.25) is 0 Å². The first-order chi connectivity index (χ1) is 18.9. The first-order valence-corrected chi connectivity index (χ1v) is 14.7. The van der Waals surface area contributed by atoms with Crippen LogP contribution >= 0.6 is 0 Å². The van der Waals surface area contributed by atoms with Gasteiger partial charge in [0.2, 0.25) is 0 Å². The molecular formula is C27H31F6N3O4S. The number of halogens is 6. The predicted octanol–water partition coefficient (Wildman–Crippen LogP) is 5.31. The van der Waals surface area contributed by atoms with E-state index >= 15 is 0 Å². The molecule has 0 N–H and O–H groups in total. The summed E-state index contributed by atoms with van der Waals surface area (Å²) in [5.41, 5.74) is -1.42. The van der Waals surface area contributed by atoms with Crippen LogP contribution in [0.25, 0.3) is 0 Å². The lowest BCUT2D eigenvalue weighted by Gasteiger charge is -2.46. The van der Waals surface area contributed by atoms with Crippen LogP contribution in [0.4, 0.5) is 31.1 Å². The van der Waals surface area contributed by atoms with Crippen LogP contribution in [-0.4, -0.2) is 74.7 Å². The summed E-state index contributed by atoms with van der Waals surface area (Å²) in [4.78, 5) is 18.7. The highest BCUT2D eigenvalue weighted by Gasteiger charge is 2.46. The van der Waals surface area contributed by atoms with E-state index in [2.05, 4.69) is 4.90 Å². The second-order valence-electron chi connectivity index (χ2n) is 10.7. The van der Waals surface area contributed by atoms with Crippen LogP contribution < -0.4 is 0 Å². The first kappa shape index (κ1) is 31.1. The van der Waals surface area contributed by atoms with Crippen molar-refractivity contribution in [1.82, 2.24) is 14.7 Å². The van der Waals surface area contributed by atoms with Gasteiger partial charge in [-0.25, -0.2) is 4.79 Å². The van der Waals surface area contributed by atoms with Gasteiger partial charge < -0.3 is 9.80 Å². The molecule has 41 heavy (non-hydrogen) atoms. The standard InChI is InChI=1S/C27H31F6N3O4S/c1-17-6-4-5-7-22(17)24-23-12-19(16-40-41(3,38)39)15-35(23)8-9-36(24)25(37)34(2)14-18-10-20(26(28,29)30)13-21(11-18)27(31,32)33/h4-7,10-11,13,19,23-24H,8-9,12,14-16H2,1-3H3. The molecule has 226 valence electrons. The van der Waals surface area contributed by atoms with E-state index in [0.29, 0.717) is 31.6 Å². The van der Waals surface area contributed by atoms with Crippen LogP contribution in [0.3, 0.4) is 0 Å². The van der Waals surface area contributed by atoms with E-state index in [1.54, 1.807) is 4.90 Å². The van der Waals surface area contributed by atoms with E-state index in [0.717, 1.165) is 22.3 Å². The smallest absolute Gasteiger partial charge is 0.323 e. The Balaban J connectivity index is 1.62. The fourth-order valence-electron chi connectivity index (χ4n) is 5.72. The lowest BCUT2D eigenvalue weighted by Crippen LogP contribution is -2.56. The minimum Gasteiger partial charge on any atom is -0.323 e. The number of hydrogen-bond donors (Lipinski definition) is 0. The monoisotopic (exact) mass is 607 g/mol. The maximum Gasteiger partial charge on any atom is 0.416 e. The zero-order chi connectivity index (χ0) is 30.3. The molecule has 0 aliphatic carbocycles. The average molecular weight is 608 g/mol. The molecule has 2 aromatic rings. The van der Waals surface area contributed by atoms with Gasteiger partial charge in [-0.1, -0.05) is 24.3 Å². The molecule has 4 rings (SSSR count). The van der Waals surface area contributed by atoms with Crippen molar-refractivity contribution in [3.05, 3.63) is 70.3 Å². The van der Waals surface area contributed by atoms with Gasteiger partial charge in [-0.3, -0.25) is 9.08 Å². The van der Waals surface area contributed by atoms with Gasteiger partial charge in [0.15, 0.2) is 0 Å². The van der Waals surface area contributed by atoms with Crippen molar-refractivity contribution in [3.8, 4) is 0 Å². The normalized spacial score (nSPS) is 22.1. The second kappa shape index (κ2) is 11.4. The molecule has 0 radical (unpaired) electrons. The number of amides is 2. The Bertz CT molecular complexity index is 1350. The summed E-state index contributed by atoms with van der Waals surface area (Å²) in [6.07, 6.45) is -8.48. The second-order valence-corrected chi connectivity index (χ2v) is 12.3. The lowest BCUT2D eigenvalue weighted by atomic mass is 9.89. The summed E-state index contributed by atoms with van der Waals surface area (Å²) < 4.78 is 108. The number of carbonyl (C=O) groups is 1. The van der Waals surface area contributed by atoms with Gasteiger partial charge in [0.25, 0.3) is 10.1 Å². The largest absolute Gasteiger partial charge is 0.416 e. The molecule has 2 amide bonds. The molecule has 2 aliphatic rings. The number of hydrogen-bond acceptors (Lipinski definition) is 5. The Morgan fingerprint density at radius 3 is 2.20 bits per heavy atom. The van der Waals surface area contributed by atoms with E-state index in [9.17, 15) is 39.6 Å². The maximum absolute atomic E-state index is 13.8. The Labute approximate surface area is 234 Å². The highest BCUT2D eigenvalue weighted by Crippen LogP contribution is 2.41. The van der Waals surface area contributed by atoms with E-state index in [-0.39, 0.29) is 36.7 Å². The Hall–Kier alpha value is -2.84. The van der Waals surface area contributed by atoms with Gasteiger partial charge in [0.1, 0.15) is 0 Å². The molecule has 0 saturated carbocycles. The lowest BCUT2D eigenvalue weighted by molar-refractivity contribution is -0.143. The summed E-state index contributed by atoms with van der Waals surface area (Å²) in [7, 11) is -2.30. The number of benzene rings is 2. The molecule has 14 heteroatoms. The van der Waals surface area contributed by atoms with Crippen molar-refractivity contribution in [2.24, 2.45) is 5.92 Å². The quantitative estimate of drug-likeness (QED) is 0.329. The summed E-state index contributed by atoms with van der Waals surface area (Å²) in [6, 6.07) is 7.54. The maximum atomic E-state index is 13.8. The number of aryl methyl sites for hydroxylation is 1. The highest BCUT2D eigenvalue weighted by molar-refractivity contribution is 7.85. The zero-order valence-corrected chi connectivity index (χ0v) is 23.5.